The Morgan fingerprint density at radius 3 is 2.96 bits per heavy atom. The number of rotatable bonds is 5. The first-order valence-corrected chi connectivity index (χ1v) is 9.48. The number of nitrogens with one attached hydrogen (secondary N) is 1. The quantitative estimate of drug-likeness (QED) is 0.627. The summed E-state index contributed by atoms with van der Waals surface area (Å²) >= 11 is 3.48. The molecule has 0 bridgehead atoms. The highest BCUT2D eigenvalue weighted by Gasteiger charge is 2.27. The molecule has 2 heterocycles. The van der Waals surface area contributed by atoms with Crippen molar-refractivity contribution in [2.24, 2.45) is 4.99 Å². The van der Waals surface area contributed by atoms with Crippen LogP contribution in [0.15, 0.2) is 51.6 Å². The van der Waals surface area contributed by atoms with Crippen molar-refractivity contribution in [3.63, 3.8) is 0 Å². The molecule has 1 aromatic carbocycles. The van der Waals surface area contributed by atoms with Crippen LogP contribution in [0.5, 0.6) is 5.75 Å². The summed E-state index contributed by atoms with van der Waals surface area (Å²) in [6.07, 6.45) is 4.84. The fourth-order valence-electron chi connectivity index (χ4n) is 2.84. The van der Waals surface area contributed by atoms with Crippen molar-refractivity contribution < 1.29 is 13.9 Å². The van der Waals surface area contributed by atoms with E-state index in [-0.39, 0.29) is 18.3 Å². The van der Waals surface area contributed by atoms with Crippen LogP contribution >= 0.6 is 15.9 Å². The van der Waals surface area contributed by atoms with Gasteiger partial charge in [0, 0.05) is 28.5 Å². The monoisotopic (exact) mass is 446 g/mol. The van der Waals surface area contributed by atoms with Crippen molar-refractivity contribution >= 4 is 39.6 Å². The van der Waals surface area contributed by atoms with E-state index in [1.165, 1.54) is 13.1 Å². The largest absolute Gasteiger partial charge is 0.487 e. The van der Waals surface area contributed by atoms with Gasteiger partial charge in [0.25, 0.3) is 0 Å². The molecule has 0 radical (unpaired) electrons. The lowest BCUT2D eigenvalue weighted by atomic mass is 10.1. The van der Waals surface area contributed by atoms with Crippen molar-refractivity contribution in [2.45, 2.75) is 27.3 Å². The smallest absolute Gasteiger partial charge is 0.326 e. The Kier molecular flexibility index (Phi) is 6.08. The van der Waals surface area contributed by atoms with Gasteiger partial charge in [-0.25, -0.2) is 9.18 Å². The van der Waals surface area contributed by atoms with Crippen LogP contribution in [-0.2, 0) is 6.54 Å². The van der Waals surface area contributed by atoms with Crippen LogP contribution in [-0.4, -0.2) is 23.8 Å². The standard InChI is InChI=1S/C20H20BrFN4O2/c1-4-24-18(13(3)22)11-28-14-6-5-12(2)19(7-14)26-10-15-16(21)8-23-9-17(15)25-20(26)27/h4-9H,10-11H2,1-3H3,(H,25,27)/b18-13+,24-4?. The molecular formula is C20H20BrFN4O2. The number of anilines is 2. The summed E-state index contributed by atoms with van der Waals surface area (Å²) in [6.45, 7) is 5.37. The summed E-state index contributed by atoms with van der Waals surface area (Å²) in [5, 5.41) is 2.86. The van der Waals surface area contributed by atoms with Crippen molar-refractivity contribution in [2.75, 3.05) is 16.8 Å². The maximum Gasteiger partial charge on any atom is 0.326 e. The molecule has 0 atom stereocenters. The Bertz CT molecular complexity index is 971. The summed E-state index contributed by atoms with van der Waals surface area (Å²) < 4.78 is 20.1. The Morgan fingerprint density at radius 1 is 1.46 bits per heavy atom. The van der Waals surface area contributed by atoms with E-state index in [9.17, 15) is 9.18 Å². The number of aromatic nitrogens is 1. The molecular weight excluding hydrogens is 427 g/mol. The number of hydrogen-bond acceptors (Lipinski definition) is 4. The Hall–Kier alpha value is -2.74. The SMILES string of the molecule is CC=N/C(COc1ccc(C)c(N2Cc3c(Br)cncc3NC2=O)c1)=C(\C)F. The van der Waals surface area contributed by atoms with Gasteiger partial charge in [-0.05, 0) is 48.3 Å². The van der Waals surface area contributed by atoms with Crippen molar-refractivity contribution in [1.29, 1.82) is 0 Å². The molecule has 0 spiro atoms. The molecule has 1 aliphatic heterocycles. The second kappa shape index (κ2) is 8.52. The van der Waals surface area contributed by atoms with E-state index in [1.54, 1.807) is 36.4 Å². The minimum absolute atomic E-state index is 0.00141. The maximum absolute atomic E-state index is 13.5. The molecule has 6 nitrogen and oxygen atoms in total. The number of nitrogens with zero attached hydrogens (tertiary/aromatic N) is 3. The summed E-state index contributed by atoms with van der Waals surface area (Å²) in [6, 6.07) is 5.18. The van der Waals surface area contributed by atoms with E-state index < -0.39 is 5.83 Å². The molecule has 1 aliphatic rings. The number of fused-ring (bicyclic) bond motifs is 1. The average Bonchev–Trinajstić information content (AvgIpc) is 2.66. The highest BCUT2D eigenvalue weighted by molar-refractivity contribution is 9.10. The predicted molar refractivity (Wildman–Crippen MR) is 112 cm³/mol. The molecule has 146 valence electrons. The number of carbonyl (C=O) groups excluding carboxylic acids is 1. The van der Waals surface area contributed by atoms with Gasteiger partial charge in [0.1, 0.15) is 23.9 Å². The van der Waals surface area contributed by atoms with Crippen LogP contribution in [0.25, 0.3) is 0 Å². The lowest BCUT2D eigenvalue weighted by Crippen LogP contribution is -2.39. The average molecular weight is 447 g/mol. The van der Waals surface area contributed by atoms with Crippen LogP contribution < -0.4 is 15.0 Å². The van der Waals surface area contributed by atoms with Gasteiger partial charge in [-0.2, -0.15) is 0 Å². The highest BCUT2D eigenvalue weighted by Crippen LogP contribution is 2.34. The third-order valence-electron chi connectivity index (χ3n) is 4.34. The third-order valence-corrected chi connectivity index (χ3v) is 5.02. The third kappa shape index (κ3) is 4.22. The number of aliphatic imine (C=N–C) groups is 1. The van der Waals surface area contributed by atoms with Gasteiger partial charge in [0.15, 0.2) is 0 Å². The van der Waals surface area contributed by atoms with E-state index in [4.69, 9.17) is 4.74 Å². The molecule has 0 fully saturated rings. The number of amides is 2. The van der Waals surface area contributed by atoms with Gasteiger partial charge in [-0.3, -0.25) is 14.9 Å². The minimum Gasteiger partial charge on any atom is -0.487 e. The van der Waals surface area contributed by atoms with E-state index >= 15 is 0 Å². The lowest BCUT2D eigenvalue weighted by molar-refractivity contribution is 0.256. The molecule has 0 saturated carbocycles. The molecule has 0 aliphatic carbocycles. The summed E-state index contributed by atoms with van der Waals surface area (Å²) in [7, 11) is 0. The molecule has 2 amide bonds. The van der Waals surface area contributed by atoms with E-state index in [1.807, 2.05) is 13.0 Å². The van der Waals surface area contributed by atoms with Crippen molar-refractivity contribution in [3.05, 3.63) is 57.7 Å². The Balaban J connectivity index is 1.87. The molecule has 3 rings (SSSR count). The number of pyridine rings is 1. The zero-order valence-electron chi connectivity index (χ0n) is 15.8. The van der Waals surface area contributed by atoms with E-state index in [0.29, 0.717) is 23.7 Å². The molecule has 28 heavy (non-hydrogen) atoms. The normalized spacial score (nSPS) is 14.6. The molecule has 1 N–H and O–H groups in total. The minimum atomic E-state index is -0.393. The first kappa shape index (κ1) is 20.0. The fraction of sp³-hybridized carbons (Fsp3) is 0.250. The van der Waals surface area contributed by atoms with Gasteiger partial charge < -0.3 is 10.1 Å². The fourth-order valence-corrected chi connectivity index (χ4v) is 3.30. The van der Waals surface area contributed by atoms with Gasteiger partial charge in [-0.1, -0.05) is 6.07 Å². The van der Waals surface area contributed by atoms with Crippen LogP contribution in [0.1, 0.15) is 25.0 Å². The van der Waals surface area contributed by atoms with Crippen LogP contribution in [0.4, 0.5) is 20.6 Å². The summed E-state index contributed by atoms with van der Waals surface area (Å²) in [5.41, 5.74) is 3.49. The van der Waals surface area contributed by atoms with E-state index in [2.05, 4.69) is 31.2 Å². The van der Waals surface area contributed by atoms with Crippen LogP contribution in [0.3, 0.4) is 0 Å². The number of ether oxygens (including phenoxy) is 1. The van der Waals surface area contributed by atoms with Gasteiger partial charge in [0.2, 0.25) is 0 Å². The first-order valence-electron chi connectivity index (χ1n) is 8.69. The second-order valence-electron chi connectivity index (χ2n) is 6.27. The van der Waals surface area contributed by atoms with Crippen molar-refractivity contribution in [3.8, 4) is 5.75 Å². The molecule has 8 heteroatoms. The lowest BCUT2D eigenvalue weighted by Gasteiger charge is -2.31. The number of urea groups is 1. The maximum atomic E-state index is 13.5. The molecule has 1 aromatic heterocycles. The highest BCUT2D eigenvalue weighted by atomic mass is 79.9. The summed E-state index contributed by atoms with van der Waals surface area (Å²) in [5.74, 6) is 0.133. The number of hydrogen-bond donors (Lipinski definition) is 1. The number of halogens is 2. The van der Waals surface area contributed by atoms with Crippen LogP contribution in [0, 0.1) is 6.92 Å². The predicted octanol–water partition coefficient (Wildman–Crippen LogP) is 5.38. The van der Waals surface area contributed by atoms with Gasteiger partial charge >= 0.3 is 6.03 Å². The van der Waals surface area contributed by atoms with E-state index in [0.717, 1.165) is 15.6 Å². The number of benzene rings is 1. The number of carbonyl (C=O) groups is 1. The van der Waals surface area contributed by atoms with Gasteiger partial charge in [0.05, 0.1) is 24.1 Å². The van der Waals surface area contributed by atoms with Gasteiger partial charge in [-0.15, -0.1) is 0 Å². The first-order chi connectivity index (χ1) is 13.4. The molecule has 0 unspecified atom stereocenters. The Labute approximate surface area is 171 Å². The Morgan fingerprint density at radius 2 is 2.25 bits per heavy atom. The van der Waals surface area contributed by atoms with Crippen molar-refractivity contribution in [1.82, 2.24) is 4.98 Å². The molecule has 2 aromatic rings. The molecule has 0 saturated heterocycles. The second-order valence-corrected chi connectivity index (χ2v) is 7.12. The topological polar surface area (TPSA) is 66.8 Å². The zero-order chi connectivity index (χ0) is 20.3. The zero-order valence-corrected chi connectivity index (χ0v) is 17.4. The number of aryl methyl sites for hydroxylation is 1. The summed E-state index contributed by atoms with van der Waals surface area (Å²) in [4.78, 5) is 22.3. The van der Waals surface area contributed by atoms with Crippen LogP contribution in [0.2, 0.25) is 0 Å². The number of allylic oxidation sites excluding steroid dienone is 1.